The van der Waals surface area contributed by atoms with Crippen LogP contribution in [0.15, 0.2) is 0 Å². The van der Waals surface area contributed by atoms with Crippen LogP contribution in [0.1, 0.15) is 26.7 Å². The molecule has 0 aromatic rings. The lowest BCUT2D eigenvalue weighted by Crippen LogP contribution is -2.53. The van der Waals surface area contributed by atoms with Crippen molar-refractivity contribution in [2.45, 2.75) is 38.8 Å². The fraction of sp³-hybridized carbons (Fsp3) is 0.900. The van der Waals surface area contributed by atoms with Crippen molar-refractivity contribution in [3.63, 3.8) is 0 Å². The predicted octanol–water partition coefficient (Wildman–Crippen LogP) is 0.341. The van der Waals surface area contributed by atoms with Crippen molar-refractivity contribution in [3.05, 3.63) is 0 Å². The number of rotatable bonds is 2. The van der Waals surface area contributed by atoms with Crippen LogP contribution in [0.2, 0.25) is 0 Å². The van der Waals surface area contributed by atoms with E-state index >= 15 is 0 Å². The normalized spacial score (nSPS) is 28.1. The molecule has 1 rings (SSSR count). The lowest BCUT2D eigenvalue weighted by Gasteiger charge is -2.38. The first-order chi connectivity index (χ1) is 6.56. The van der Waals surface area contributed by atoms with Crippen molar-refractivity contribution in [1.82, 2.24) is 4.90 Å². The van der Waals surface area contributed by atoms with Gasteiger partial charge in [0, 0.05) is 19.1 Å². The summed E-state index contributed by atoms with van der Waals surface area (Å²) in [6, 6.07) is -0.213. The maximum atomic E-state index is 11.7. The molecule has 90 valence electrons. The van der Waals surface area contributed by atoms with Crippen molar-refractivity contribution in [2.75, 3.05) is 13.1 Å². The van der Waals surface area contributed by atoms with Crippen LogP contribution >= 0.6 is 12.4 Å². The van der Waals surface area contributed by atoms with E-state index in [4.69, 9.17) is 11.5 Å². The van der Waals surface area contributed by atoms with Gasteiger partial charge < -0.3 is 16.4 Å². The van der Waals surface area contributed by atoms with Gasteiger partial charge in [0.2, 0.25) is 5.91 Å². The number of carbonyl (C=O) groups excluding carboxylic acids is 1. The largest absolute Gasteiger partial charge is 0.337 e. The van der Waals surface area contributed by atoms with Gasteiger partial charge in [0.1, 0.15) is 0 Å². The van der Waals surface area contributed by atoms with Crippen LogP contribution in [-0.2, 0) is 4.79 Å². The zero-order valence-corrected chi connectivity index (χ0v) is 10.3. The molecule has 1 heterocycles. The summed E-state index contributed by atoms with van der Waals surface area (Å²) in [5, 5.41) is 0. The Labute approximate surface area is 97.8 Å². The zero-order chi connectivity index (χ0) is 10.7. The van der Waals surface area contributed by atoms with Crippen LogP contribution in [0.3, 0.4) is 0 Å². The number of nitrogens with zero attached hydrogens (tertiary/aromatic N) is 1. The molecular weight excluding hydrogens is 214 g/mol. The van der Waals surface area contributed by atoms with Gasteiger partial charge in [-0.25, -0.2) is 0 Å². The van der Waals surface area contributed by atoms with Crippen LogP contribution in [0.5, 0.6) is 0 Å². The Morgan fingerprint density at radius 2 is 2.20 bits per heavy atom. The highest BCUT2D eigenvalue weighted by Gasteiger charge is 2.29. The van der Waals surface area contributed by atoms with Gasteiger partial charge in [0.05, 0.1) is 6.04 Å². The number of nitrogens with two attached hydrogens (primary N) is 2. The third-order valence-electron chi connectivity index (χ3n) is 2.92. The van der Waals surface area contributed by atoms with Crippen LogP contribution in [0.4, 0.5) is 0 Å². The zero-order valence-electron chi connectivity index (χ0n) is 9.48. The average molecular weight is 236 g/mol. The van der Waals surface area contributed by atoms with Gasteiger partial charge in [-0.05, 0) is 25.7 Å². The third-order valence-corrected chi connectivity index (χ3v) is 2.92. The summed E-state index contributed by atoms with van der Waals surface area (Å²) in [7, 11) is 0. The molecule has 4 nitrogen and oxygen atoms in total. The summed E-state index contributed by atoms with van der Waals surface area (Å²) >= 11 is 0. The van der Waals surface area contributed by atoms with Gasteiger partial charge >= 0.3 is 0 Å². The number of hydrogen-bond acceptors (Lipinski definition) is 3. The van der Waals surface area contributed by atoms with Crippen molar-refractivity contribution in [2.24, 2.45) is 17.4 Å². The van der Waals surface area contributed by atoms with Gasteiger partial charge in [0.15, 0.2) is 0 Å². The predicted molar refractivity (Wildman–Crippen MR) is 63.9 cm³/mol. The molecule has 0 saturated carbocycles. The lowest BCUT2D eigenvalue weighted by atomic mass is 9.92. The first-order valence-corrected chi connectivity index (χ1v) is 5.32. The highest BCUT2D eigenvalue weighted by Crippen LogP contribution is 2.22. The molecule has 3 atom stereocenters. The molecule has 0 aromatic heterocycles. The summed E-state index contributed by atoms with van der Waals surface area (Å²) in [6.07, 6.45) is 2.07. The molecule has 1 aliphatic rings. The minimum absolute atomic E-state index is 0. The molecule has 5 heteroatoms. The van der Waals surface area contributed by atoms with Gasteiger partial charge in [0.25, 0.3) is 0 Å². The van der Waals surface area contributed by atoms with Crippen molar-refractivity contribution in [3.8, 4) is 0 Å². The highest BCUT2D eigenvalue weighted by molar-refractivity contribution is 5.85. The van der Waals surface area contributed by atoms with E-state index < -0.39 is 6.04 Å². The molecule has 0 spiro atoms. The summed E-state index contributed by atoms with van der Waals surface area (Å²) in [5.74, 6) is 0.702. The number of likely N-dealkylation sites (tertiary alicyclic amines) is 1. The highest BCUT2D eigenvalue weighted by atomic mass is 35.5. The number of amides is 1. The van der Waals surface area contributed by atoms with Gasteiger partial charge in [-0.15, -0.1) is 12.4 Å². The number of hydrogen-bond donors (Lipinski definition) is 2. The molecule has 2 unspecified atom stereocenters. The van der Waals surface area contributed by atoms with Crippen LogP contribution in [-0.4, -0.2) is 36.0 Å². The molecule has 0 aromatic carbocycles. The van der Waals surface area contributed by atoms with Crippen LogP contribution < -0.4 is 11.5 Å². The smallest absolute Gasteiger partial charge is 0.239 e. The van der Waals surface area contributed by atoms with E-state index in [-0.39, 0.29) is 24.4 Å². The van der Waals surface area contributed by atoms with Crippen molar-refractivity contribution < 1.29 is 4.79 Å². The SMILES string of the molecule is CC1CCN(C(=O)[C@@H](C)N)C(CN)C1.Cl. The lowest BCUT2D eigenvalue weighted by molar-refractivity contribution is -0.136. The second-order valence-electron chi connectivity index (χ2n) is 4.34. The summed E-state index contributed by atoms with van der Waals surface area (Å²) in [4.78, 5) is 13.6. The Morgan fingerprint density at radius 1 is 1.60 bits per heavy atom. The van der Waals surface area contributed by atoms with E-state index in [0.29, 0.717) is 12.5 Å². The van der Waals surface area contributed by atoms with Crippen molar-refractivity contribution >= 4 is 18.3 Å². The Balaban J connectivity index is 0.00000196. The molecule has 4 N–H and O–H groups in total. The minimum Gasteiger partial charge on any atom is -0.337 e. The van der Waals surface area contributed by atoms with E-state index in [0.717, 1.165) is 19.4 Å². The maximum Gasteiger partial charge on any atom is 0.239 e. The number of piperidine rings is 1. The van der Waals surface area contributed by atoms with Crippen LogP contribution in [0, 0.1) is 5.92 Å². The molecule has 1 amide bonds. The van der Waals surface area contributed by atoms with Gasteiger partial charge in [-0.3, -0.25) is 4.79 Å². The van der Waals surface area contributed by atoms with E-state index in [9.17, 15) is 4.79 Å². The summed E-state index contributed by atoms with van der Waals surface area (Å²) < 4.78 is 0. The second kappa shape index (κ2) is 6.30. The first-order valence-electron chi connectivity index (χ1n) is 5.32. The van der Waals surface area contributed by atoms with E-state index in [1.807, 2.05) is 4.90 Å². The fourth-order valence-corrected chi connectivity index (χ4v) is 2.03. The standard InChI is InChI=1S/C10H21N3O.ClH/c1-7-3-4-13(9(5-7)6-11)10(14)8(2)12;/h7-9H,3-6,11-12H2,1-2H3;1H/t7?,8-,9?;/m1./s1. The molecule has 0 radical (unpaired) electrons. The fourth-order valence-electron chi connectivity index (χ4n) is 2.03. The Bertz CT molecular complexity index is 211. The molecule has 1 saturated heterocycles. The third kappa shape index (κ3) is 3.63. The molecule has 0 aliphatic carbocycles. The topological polar surface area (TPSA) is 72.3 Å². The Morgan fingerprint density at radius 3 is 2.67 bits per heavy atom. The average Bonchev–Trinajstić information content (AvgIpc) is 2.16. The minimum atomic E-state index is -0.405. The monoisotopic (exact) mass is 235 g/mol. The molecule has 15 heavy (non-hydrogen) atoms. The molecule has 1 aliphatic heterocycles. The van der Waals surface area contributed by atoms with Crippen molar-refractivity contribution in [1.29, 1.82) is 0 Å². The maximum absolute atomic E-state index is 11.7. The Kier molecular flexibility index (Phi) is 6.17. The van der Waals surface area contributed by atoms with E-state index in [1.54, 1.807) is 6.92 Å². The number of carbonyl (C=O) groups is 1. The summed E-state index contributed by atoms with van der Waals surface area (Å²) in [6.45, 7) is 5.29. The number of halogens is 1. The van der Waals surface area contributed by atoms with Gasteiger partial charge in [-0.2, -0.15) is 0 Å². The van der Waals surface area contributed by atoms with E-state index in [2.05, 4.69) is 6.92 Å². The molecule has 1 fully saturated rings. The molecule has 0 bridgehead atoms. The molecular formula is C10H22ClN3O. The quantitative estimate of drug-likeness (QED) is 0.725. The Hall–Kier alpha value is -0.320. The first kappa shape index (κ1) is 14.7. The van der Waals surface area contributed by atoms with Gasteiger partial charge in [-0.1, -0.05) is 6.92 Å². The second-order valence-corrected chi connectivity index (χ2v) is 4.34. The summed E-state index contributed by atoms with van der Waals surface area (Å²) in [5.41, 5.74) is 11.2. The van der Waals surface area contributed by atoms with Crippen LogP contribution in [0.25, 0.3) is 0 Å². The van der Waals surface area contributed by atoms with E-state index in [1.165, 1.54) is 0 Å².